The molecular weight excluding hydrogens is 416 g/mol. The van der Waals surface area contributed by atoms with Gasteiger partial charge in [-0.1, -0.05) is 54.6 Å². The number of nitrogens with zero attached hydrogens (tertiary/aromatic N) is 1. The summed E-state index contributed by atoms with van der Waals surface area (Å²) in [6.07, 6.45) is 0. The summed E-state index contributed by atoms with van der Waals surface area (Å²) >= 11 is 5.61. The summed E-state index contributed by atoms with van der Waals surface area (Å²) in [5.41, 5.74) is 4.36. The van der Waals surface area contributed by atoms with Crippen LogP contribution in [0.2, 0.25) is 0 Å². The number of carbonyl (C=O) groups is 1. The molecule has 5 heteroatoms. The Labute approximate surface area is 194 Å². The molecular formula is C27H26N2O2S. The van der Waals surface area contributed by atoms with Gasteiger partial charge in [0.1, 0.15) is 11.5 Å². The zero-order valence-corrected chi connectivity index (χ0v) is 19.3. The van der Waals surface area contributed by atoms with Crippen LogP contribution in [0.5, 0.6) is 11.5 Å². The maximum Gasteiger partial charge on any atom is 0.193 e. The third-order valence-electron chi connectivity index (χ3n) is 5.63. The molecule has 0 spiro atoms. The van der Waals surface area contributed by atoms with Gasteiger partial charge in [-0.25, -0.2) is 0 Å². The quantitative estimate of drug-likeness (QED) is 0.364. The zero-order valence-electron chi connectivity index (χ0n) is 18.5. The molecule has 3 aromatic carbocycles. The number of rotatable bonds is 6. The summed E-state index contributed by atoms with van der Waals surface area (Å²) in [5, 5.41) is 4.00. The lowest BCUT2D eigenvalue weighted by Gasteiger charge is -2.37. The number of nitrogens with one attached hydrogen (secondary N) is 1. The van der Waals surface area contributed by atoms with Crippen molar-refractivity contribution >= 4 is 23.1 Å². The Bertz CT molecular complexity index is 1170. The number of benzene rings is 3. The molecule has 0 aromatic heterocycles. The van der Waals surface area contributed by atoms with Gasteiger partial charge in [-0.3, -0.25) is 4.79 Å². The summed E-state index contributed by atoms with van der Waals surface area (Å²) in [5.74, 6) is 1.54. The van der Waals surface area contributed by atoms with Crippen molar-refractivity contribution in [3.8, 4) is 11.5 Å². The van der Waals surface area contributed by atoms with E-state index in [9.17, 15) is 4.79 Å². The van der Waals surface area contributed by atoms with Crippen molar-refractivity contribution in [2.75, 3.05) is 6.54 Å². The number of ketones is 1. The number of hydrogen-bond acceptors (Lipinski definition) is 3. The van der Waals surface area contributed by atoms with Crippen LogP contribution in [-0.4, -0.2) is 22.3 Å². The van der Waals surface area contributed by atoms with E-state index in [1.54, 1.807) is 0 Å². The number of thiocarbonyl (C=S) groups is 1. The molecule has 0 bridgehead atoms. The van der Waals surface area contributed by atoms with Crippen LogP contribution >= 0.6 is 12.2 Å². The Balaban J connectivity index is 1.68. The van der Waals surface area contributed by atoms with E-state index < -0.39 is 0 Å². The Morgan fingerprint density at radius 3 is 2.34 bits per heavy atom. The molecule has 0 saturated heterocycles. The SMILES string of the molecule is CCN1C(=S)NC(c2ccc(Oc3cccc(C)c3)cc2)C(C(=O)c2ccccc2)=C1C. The van der Waals surface area contributed by atoms with Gasteiger partial charge in [0.15, 0.2) is 10.9 Å². The van der Waals surface area contributed by atoms with Crippen molar-refractivity contribution in [3.05, 3.63) is 107 Å². The molecule has 1 atom stereocenters. The number of hydrogen-bond donors (Lipinski definition) is 1. The molecule has 1 N–H and O–H groups in total. The molecule has 0 saturated carbocycles. The lowest BCUT2D eigenvalue weighted by Crippen LogP contribution is -2.47. The van der Waals surface area contributed by atoms with E-state index in [4.69, 9.17) is 17.0 Å². The minimum absolute atomic E-state index is 0.00152. The Morgan fingerprint density at radius 2 is 1.69 bits per heavy atom. The second-order valence-electron chi connectivity index (χ2n) is 7.81. The molecule has 32 heavy (non-hydrogen) atoms. The van der Waals surface area contributed by atoms with Gasteiger partial charge in [0.25, 0.3) is 0 Å². The highest BCUT2D eigenvalue weighted by atomic mass is 32.1. The van der Waals surface area contributed by atoms with Gasteiger partial charge in [0.2, 0.25) is 0 Å². The third kappa shape index (κ3) is 4.43. The maximum atomic E-state index is 13.5. The zero-order chi connectivity index (χ0) is 22.7. The van der Waals surface area contributed by atoms with Crippen molar-refractivity contribution in [1.29, 1.82) is 0 Å². The van der Waals surface area contributed by atoms with Gasteiger partial charge in [-0.2, -0.15) is 0 Å². The van der Waals surface area contributed by atoms with E-state index >= 15 is 0 Å². The number of Topliss-reactive ketones (excluding diaryl/α,β-unsaturated/α-hetero) is 1. The van der Waals surface area contributed by atoms with Gasteiger partial charge >= 0.3 is 0 Å². The number of aryl methyl sites for hydroxylation is 1. The molecule has 0 amide bonds. The van der Waals surface area contributed by atoms with Crippen LogP contribution in [0.3, 0.4) is 0 Å². The molecule has 1 aliphatic heterocycles. The summed E-state index contributed by atoms with van der Waals surface area (Å²) in [6.45, 7) is 6.72. The first-order chi connectivity index (χ1) is 15.5. The van der Waals surface area contributed by atoms with E-state index in [0.29, 0.717) is 22.8 Å². The second-order valence-corrected chi connectivity index (χ2v) is 8.20. The highest BCUT2D eigenvalue weighted by Gasteiger charge is 2.33. The monoisotopic (exact) mass is 442 g/mol. The lowest BCUT2D eigenvalue weighted by atomic mass is 9.89. The van der Waals surface area contributed by atoms with E-state index in [-0.39, 0.29) is 11.8 Å². The highest BCUT2D eigenvalue weighted by Crippen LogP contribution is 2.34. The lowest BCUT2D eigenvalue weighted by molar-refractivity contribution is 0.102. The Kier molecular flexibility index (Phi) is 6.37. The Morgan fingerprint density at radius 1 is 0.969 bits per heavy atom. The van der Waals surface area contributed by atoms with Crippen molar-refractivity contribution in [1.82, 2.24) is 10.2 Å². The van der Waals surface area contributed by atoms with E-state index in [0.717, 1.165) is 28.3 Å². The van der Waals surface area contributed by atoms with Crippen LogP contribution in [0, 0.1) is 6.92 Å². The topological polar surface area (TPSA) is 41.6 Å². The van der Waals surface area contributed by atoms with Gasteiger partial charge in [-0.15, -0.1) is 0 Å². The van der Waals surface area contributed by atoms with Crippen molar-refractivity contribution in [3.63, 3.8) is 0 Å². The van der Waals surface area contributed by atoms with E-state index in [1.165, 1.54) is 0 Å². The van der Waals surface area contributed by atoms with E-state index in [2.05, 4.69) is 5.32 Å². The predicted octanol–water partition coefficient (Wildman–Crippen LogP) is 6.20. The molecule has 4 nitrogen and oxygen atoms in total. The smallest absolute Gasteiger partial charge is 0.193 e. The van der Waals surface area contributed by atoms with Crippen LogP contribution in [0.4, 0.5) is 0 Å². The molecule has 162 valence electrons. The fraction of sp³-hybridized carbons (Fsp3) is 0.185. The maximum absolute atomic E-state index is 13.5. The summed E-state index contributed by atoms with van der Waals surface area (Å²) < 4.78 is 5.99. The summed E-state index contributed by atoms with van der Waals surface area (Å²) in [6, 6.07) is 24.8. The first-order valence-corrected chi connectivity index (χ1v) is 11.1. The highest BCUT2D eigenvalue weighted by molar-refractivity contribution is 7.80. The number of allylic oxidation sites excluding steroid dienone is 1. The average Bonchev–Trinajstić information content (AvgIpc) is 2.80. The van der Waals surface area contributed by atoms with Crippen LogP contribution in [-0.2, 0) is 0 Å². The molecule has 1 aliphatic rings. The molecule has 4 rings (SSSR count). The van der Waals surface area contributed by atoms with Crippen molar-refractivity contribution < 1.29 is 9.53 Å². The number of carbonyl (C=O) groups excluding carboxylic acids is 1. The molecule has 0 fully saturated rings. The molecule has 3 aromatic rings. The standard InChI is InChI=1S/C27H26N2O2S/c1-4-29-19(3)24(26(30)21-10-6-5-7-11-21)25(28-27(29)32)20-13-15-22(16-14-20)31-23-12-8-9-18(2)17-23/h5-17,25H,4H2,1-3H3,(H,28,32). The summed E-state index contributed by atoms with van der Waals surface area (Å²) in [7, 11) is 0. The fourth-order valence-electron chi connectivity index (χ4n) is 3.99. The van der Waals surface area contributed by atoms with Crippen LogP contribution < -0.4 is 10.1 Å². The first kappa shape index (κ1) is 21.8. The van der Waals surface area contributed by atoms with Gasteiger partial charge < -0.3 is 15.0 Å². The second kappa shape index (κ2) is 9.37. The molecule has 0 aliphatic carbocycles. The summed E-state index contributed by atoms with van der Waals surface area (Å²) in [4.78, 5) is 15.5. The van der Waals surface area contributed by atoms with Crippen LogP contribution in [0.1, 0.15) is 41.4 Å². The molecule has 0 radical (unpaired) electrons. The van der Waals surface area contributed by atoms with Gasteiger partial charge in [0.05, 0.1) is 6.04 Å². The van der Waals surface area contributed by atoms with Gasteiger partial charge in [-0.05, 0) is 68.4 Å². The molecule has 1 unspecified atom stereocenters. The van der Waals surface area contributed by atoms with Crippen molar-refractivity contribution in [2.24, 2.45) is 0 Å². The third-order valence-corrected chi connectivity index (χ3v) is 5.97. The van der Waals surface area contributed by atoms with E-state index in [1.807, 2.05) is 105 Å². The Hall–Kier alpha value is -3.44. The predicted molar refractivity (Wildman–Crippen MR) is 132 cm³/mol. The minimum Gasteiger partial charge on any atom is -0.457 e. The average molecular weight is 443 g/mol. The van der Waals surface area contributed by atoms with Crippen molar-refractivity contribution in [2.45, 2.75) is 26.8 Å². The van der Waals surface area contributed by atoms with Gasteiger partial charge in [0, 0.05) is 23.4 Å². The minimum atomic E-state index is -0.328. The molecule has 1 heterocycles. The fourth-order valence-corrected chi connectivity index (χ4v) is 4.38. The number of ether oxygens (including phenoxy) is 1. The van der Waals surface area contributed by atoms with Crippen LogP contribution in [0.25, 0.3) is 0 Å². The van der Waals surface area contributed by atoms with Crippen LogP contribution in [0.15, 0.2) is 90.1 Å². The first-order valence-electron chi connectivity index (χ1n) is 10.7. The largest absolute Gasteiger partial charge is 0.457 e. The normalized spacial score (nSPS) is 16.0.